The highest BCUT2D eigenvalue weighted by atomic mass is 16.1. The quantitative estimate of drug-likeness (QED) is 0.724. The predicted octanol–water partition coefficient (Wildman–Crippen LogP) is 2.50. The lowest BCUT2D eigenvalue weighted by Gasteiger charge is -2.27. The summed E-state index contributed by atoms with van der Waals surface area (Å²) in [6.45, 7) is 0. The van der Waals surface area contributed by atoms with Gasteiger partial charge >= 0.3 is 0 Å². The molecule has 82 valence electrons. The van der Waals surface area contributed by atoms with Gasteiger partial charge in [0.05, 0.1) is 0 Å². The fourth-order valence-corrected chi connectivity index (χ4v) is 2.35. The van der Waals surface area contributed by atoms with E-state index in [2.05, 4.69) is 0 Å². The standard InChI is InChI=1S/C14H14O2/c15-9-12-7-4-8-13(10-16)14(12)11-5-2-1-3-6-11/h1-3,5-7,9-10,13-14H,4,8H2/t13-,14+/m0/s1. The third-order valence-corrected chi connectivity index (χ3v) is 3.14. The van der Waals surface area contributed by atoms with Gasteiger partial charge in [-0.25, -0.2) is 0 Å². The molecule has 1 aliphatic rings. The van der Waals surface area contributed by atoms with Crippen LogP contribution in [0.25, 0.3) is 0 Å². The molecule has 0 fully saturated rings. The lowest BCUT2D eigenvalue weighted by atomic mass is 9.75. The smallest absolute Gasteiger partial charge is 0.146 e. The van der Waals surface area contributed by atoms with Crippen molar-refractivity contribution in [3.8, 4) is 0 Å². The summed E-state index contributed by atoms with van der Waals surface area (Å²) >= 11 is 0. The molecule has 0 N–H and O–H groups in total. The third kappa shape index (κ3) is 1.96. The van der Waals surface area contributed by atoms with Crippen molar-refractivity contribution in [1.29, 1.82) is 0 Å². The van der Waals surface area contributed by atoms with Crippen molar-refractivity contribution in [3.63, 3.8) is 0 Å². The molecule has 16 heavy (non-hydrogen) atoms. The lowest BCUT2D eigenvalue weighted by molar-refractivity contribution is -0.112. The summed E-state index contributed by atoms with van der Waals surface area (Å²) < 4.78 is 0. The average Bonchev–Trinajstić information content (AvgIpc) is 2.38. The van der Waals surface area contributed by atoms with Crippen LogP contribution >= 0.6 is 0 Å². The fraction of sp³-hybridized carbons (Fsp3) is 0.286. The first-order valence-corrected chi connectivity index (χ1v) is 5.52. The Morgan fingerprint density at radius 3 is 2.50 bits per heavy atom. The first-order chi connectivity index (χ1) is 7.86. The molecule has 2 rings (SSSR count). The van der Waals surface area contributed by atoms with Crippen LogP contribution in [0.15, 0.2) is 42.0 Å². The molecule has 2 atom stereocenters. The van der Waals surface area contributed by atoms with E-state index in [1.165, 1.54) is 0 Å². The van der Waals surface area contributed by atoms with E-state index < -0.39 is 0 Å². The van der Waals surface area contributed by atoms with E-state index in [9.17, 15) is 9.59 Å². The Bertz CT molecular complexity index is 406. The van der Waals surface area contributed by atoms with Crippen LogP contribution in [0.1, 0.15) is 24.3 Å². The molecule has 0 saturated carbocycles. The maximum atomic E-state index is 11.1. The van der Waals surface area contributed by atoms with E-state index in [-0.39, 0.29) is 11.8 Å². The van der Waals surface area contributed by atoms with Crippen molar-refractivity contribution < 1.29 is 9.59 Å². The topological polar surface area (TPSA) is 34.1 Å². The third-order valence-electron chi connectivity index (χ3n) is 3.14. The van der Waals surface area contributed by atoms with Crippen LogP contribution < -0.4 is 0 Å². The largest absolute Gasteiger partial charge is 0.303 e. The molecular weight excluding hydrogens is 200 g/mol. The zero-order chi connectivity index (χ0) is 11.4. The minimum Gasteiger partial charge on any atom is -0.303 e. The minimum atomic E-state index is -0.0624. The Hall–Kier alpha value is -1.70. The van der Waals surface area contributed by atoms with Crippen molar-refractivity contribution in [2.75, 3.05) is 0 Å². The summed E-state index contributed by atoms with van der Waals surface area (Å²) in [6, 6.07) is 9.77. The van der Waals surface area contributed by atoms with E-state index in [1.807, 2.05) is 36.4 Å². The molecule has 0 unspecified atom stereocenters. The fourth-order valence-electron chi connectivity index (χ4n) is 2.35. The van der Waals surface area contributed by atoms with E-state index in [0.29, 0.717) is 0 Å². The summed E-state index contributed by atoms with van der Waals surface area (Å²) in [5.41, 5.74) is 1.80. The average molecular weight is 214 g/mol. The monoisotopic (exact) mass is 214 g/mol. The summed E-state index contributed by atoms with van der Waals surface area (Å²) in [7, 11) is 0. The van der Waals surface area contributed by atoms with Gasteiger partial charge in [0, 0.05) is 11.8 Å². The van der Waals surface area contributed by atoms with Gasteiger partial charge in [-0.15, -0.1) is 0 Å². The Kier molecular flexibility index (Phi) is 3.30. The number of rotatable bonds is 3. The van der Waals surface area contributed by atoms with Crippen molar-refractivity contribution in [1.82, 2.24) is 0 Å². The van der Waals surface area contributed by atoms with Crippen molar-refractivity contribution >= 4 is 12.6 Å². The molecule has 0 bridgehead atoms. The van der Waals surface area contributed by atoms with E-state index >= 15 is 0 Å². The lowest BCUT2D eigenvalue weighted by Crippen LogP contribution is -2.20. The van der Waals surface area contributed by atoms with Crippen LogP contribution in [0, 0.1) is 5.92 Å². The molecule has 2 heteroatoms. The van der Waals surface area contributed by atoms with E-state index in [1.54, 1.807) is 0 Å². The van der Waals surface area contributed by atoms with Crippen LogP contribution in [-0.2, 0) is 9.59 Å². The second-order valence-electron chi connectivity index (χ2n) is 4.09. The van der Waals surface area contributed by atoms with Gasteiger partial charge in [0.1, 0.15) is 12.6 Å². The highest BCUT2D eigenvalue weighted by Gasteiger charge is 2.28. The summed E-state index contributed by atoms with van der Waals surface area (Å²) in [5.74, 6) is -0.113. The molecule has 0 heterocycles. The van der Waals surface area contributed by atoms with Crippen molar-refractivity contribution in [3.05, 3.63) is 47.5 Å². The zero-order valence-corrected chi connectivity index (χ0v) is 9.00. The van der Waals surface area contributed by atoms with Gasteiger partial charge in [-0.05, 0) is 24.0 Å². The van der Waals surface area contributed by atoms with Crippen LogP contribution in [0.2, 0.25) is 0 Å². The molecule has 1 aromatic carbocycles. The van der Waals surface area contributed by atoms with Crippen LogP contribution in [-0.4, -0.2) is 12.6 Å². The number of aldehydes is 2. The second kappa shape index (κ2) is 4.88. The number of hydrogen-bond donors (Lipinski definition) is 0. The number of carbonyl (C=O) groups excluding carboxylic acids is 2. The van der Waals surface area contributed by atoms with Crippen LogP contribution in [0.4, 0.5) is 0 Å². The number of benzene rings is 1. The normalized spacial score (nSPS) is 24.6. The molecule has 0 radical (unpaired) electrons. The minimum absolute atomic E-state index is 0.0510. The molecule has 1 aromatic rings. The maximum Gasteiger partial charge on any atom is 0.146 e. The van der Waals surface area contributed by atoms with Gasteiger partial charge < -0.3 is 4.79 Å². The summed E-state index contributed by atoms with van der Waals surface area (Å²) in [5, 5.41) is 0. The highest BCUT2D eigenvalue weighted by molar-refractivity contribution is 5.78. The van der Waals surface area contributed by atoms with Gasteiger partial charge in [0.15, 0.2) is 0 Å². The number of allylic oxidation sites excluding steroid dienone is 2. The van der Waals surface area contributed by atoms with E-state index in [4.69, 9.17) is 0 Å². The molecule has 0 amide bonds. The SMILES string of the molecule is O=CC1=CCC[C@@H](C=O)[C@@H]1c1ccccc1. The number of hydrogen-bond acceptors (Lipinski definition) is 2. The Morgan fingerprint density at radius 2 is 1.88 bits per heavy atom. The van der Waals surface area contributed by atoms with Gasteiger partial charge in [-0.1, -0.05) is 36.4 Å². The molecule has 0 saturated heterocycles. The van der Waals surface area contributed by atoms with Crippen LogP contribution in [0.3, 0.4) is 0 Å². The molecule has 0 aromatic heterocycles. The van der Waals surface area contributed by atoms with Gasteiger partial charge in [0.2, 0.25) is 0 Å². The molecule has 1 aliphatic carbocycles. The number of carbonyl (C=O) groups is 2. The van der Waals surface area contributed by atoms with Crippen molar-refractivity contribution in [2.24, 2.45) is 5.92 Å². The summed E-state index contributed by atoms with van der Waals surface area (Å²) in [6.07, 6.45) is 5.47. The van der Waals surface area contributed by atoms with Crippen LogP contribution in [0.5, 0.6) is 0 Å². The molecule has 0 spiro atoms. The second-order valence-corrected chi connectivity index (χ2v) is 4.09. The van der Waals surface area contributed by atoms with Gasteiger partial charge in [0.25, 0.3) is 0 Å². The maximum absolute atomic E-state index is 11.1. The highest BCUT2D eigenvalue weighted by Crippen LogP contribution is 2.36. The van der Waals surface area contributed by atoms with Gasteiger partial charge in [-0.3, -0.25) is 4.79 Å². The molecular formula is C14H14O2. The summed E-state index contributed by atoms with van der Waals surface area (Å²) in [4.78, 5) is 22.1. The van der Waals surface area contributed by atoms with Crippen molar-refractivity contribution in [2.45, 2.75) is 18.8 Å². The Balaban J connectivity index is 2.40. The van der Waals surface area contributed by atoms with E-state index in [0.717, 1.165) is 36.6 Å². The zero-order valence-electron chi connectivity index (χ0n) is 9.00. The Morgan fingerprint density at radius 1 is 1.12 bits per heavy atom. The Labute approximate surface area is 95.0 Å². The first-order valence-electron chi connectivity index (χ1n) is 5.52. The molecule has 0 aliphatic heterocycles. The predicted molar refractivity (Wildman–Crippen MR) is 62.1 cm³/mol. The molecule has 2 nitrogen and oxygen atoms in total. The van der Waals surface area contributed by atoms with Gasteiger partial charge in [-0.2, -0.15) is 0 Å². The first kappa shape index (κ1) is 10.8.